The lowest BCUT2D eigenvalue weighted by atomic mass is 10.1. The molecule has 1 unspecified atom stereocenters. The number of likely N-dealkylation sites (N-methyl/N-ethyl adjacent to an activating group) is 1. The van der Waals surface area contributed by atoms with Gasteiger partial charge in [-0.1, -0.05) is 23.7 Å². The van der Waals surface area contributed by atoms with Gasteiger partial charge in [0.25, 0.3) is 5.91 Å². The molecule has 150 valence electrons. The van der Waals surface area contributed by atoms with Crippen molar-refractivity contribution in [2.45, 2.75) is 19.0 Å². The minimum Gasteiger partial charge on any atom is -0.467 e. The smallest absolute Gasteiger partial charge is 0.257 e. The molecule has 0 aliphatic carbocycles. The Kier molecular flexibility index (Phi) is 5.80. The average Bonchev–Trinajstić information content (AvgIpc) is 3.45. The van der Waals surface area contributed by atoms with Gasteiger partial charge in [-0.25, -0.2) is 9.40 Å². The van der Waals surface area contributed by atoms with Crippen LogP contribution in [0.25, 0.3) is 0 Å². The van der Waals surface area contributed by atoms with Crippen molar-refractivity contribution < 1.29 is 13.6 Å². The zero-order chi connectivity index (χ0) is 20.4. The summed E-state index contributed by atoms with van der Waals surface area (Å²) in [6.07, 6.45) is 2.18. The fraction of sp³-hybridized carbons (Fsp3) is 0.238. The summed E-state index contributed by atoms with van der Waals surface area (Å²) in [4.78, 5) is 15.8. The molecule has 0 bridgehead atoms. The van der Waals surface area contributed by atoms with Crippen molar-refractivity contribution in [2.24, 2.45) is 5.10 Å². The van der Waals surface area contributed by atoms with Gasteiger partial charge in [-0.2, -0.15) is 5.10 Å². The van der Waals surface area contributed by atoms with Crippen LogP contribution < -0.4 is 0 Å². The topological polar surface area (TPSA) is 49.1 Å². The highest BCUT2D eigenvalue weighted by atomic mass is 35.5. The quantitative estimate of drug-likeness (QED) is 0.555. The molecule has 1 aliphatic heterocycles. The minimum atomic E-state index is -0.385. The fourth-order valence-corrected chi connectivity index (χ4v) is 4.29. The van der Waals surface area contributed by atoms with Gasteiger partial charge >= 0.3 is 0 Å². The summed E-state index contributed by atoms with van der Waals surface area (Å²) in [7, 11) is 1.75. The Hall–Kier alpha value is -2.48. The summed E-state index contributed by atoms with van der Waals surface area (Å²) in [5.74, 6) is 0.116. The summed E-state index contributed by atoms with van der Waals surface area (Å²) < 4.78 is 19.6. The van der Waals surface area contributed by atoms with E-state index in [0.717, 1.165) is 10.6 Å². The van der Waals surface area contributed by atoms with Crippen LogP contribution >= 0.6 is 22.9 Å². The molecule has 0 saturated carbocycles. The zero-order valence-electron chi connectivity index (χ0n) is 15.7. The summed E-state index contributed by atoms with van der Waals surface area (Å²) in [6, 6.07) is 11.9. The maximum Gasteiger partial charge on any atom is 0.257 e. The van der Waals surface area contributed by atoms with E-state index in [1.807, 2.05) is 23.6 Å². The van der Waals surface area contributed by atoms with Crippen molar-refractivity contribution >= 4 is 34.6 Å². The van der Waals surface area contributed by atoms with Crippen molar-refractivity contribution in [2.75, 3.05) is 13.6 Å². The summed E-state index contributed by atoms with van der Waals surface area (Å²) in [5, 5.41) is 8.39. The lowest BCUT2D eigenvalue weighted by Crippen LogP contribution is -2.36. The van der Waals surface area contributed by atoms with E-state index in [-0.39, 0.29) is 30.9 Å². The van der Waals surface area contributed by atoms with Crippen molar-refractivity contribution in [3.8, 4) is 0 Å². The molecule has 1 amide bonds. The number of carbonyl (C=O) groups excluding carboxylic acids is 1. The van der Waals surface area contributed by atoms with E-state index in [1.165, 1.54) is 11.1 Å². The summed E-state index contributed by atoms with van der Waals surface area (Å²) in [6.45, 7) is 0.293. The van der Waals surface area contributed by atoms with E-state index in [2.05, 4.69) is 5.10 Å². The normalized spacial score (nSPS) is 16.5. The first kappa shape index (κ1) is 19.8. The van der Waals surface area contributed by atoms with Crippen LogP contribution in [-0.2, 0) is 11.3 Å². The highest BCUT2D eigenvalue weighted by Gasteiger charge is 2.35. The van der Waals surface area contributed by atoms with Crippen LogP contribution in [0.5, 0.6) is 0 Å². The zero-order valence-corrected chi connectivity index (χ0v) is 17.3. The lowest BCUT2D eigenvalue weighted by Gasteiger charge is -2.23. The Balaban J connectivity index is 1.52. The summed E-state index contributed by atoms with van der Waals surface area (Å²) in [5.41, 5.74) is 1.23. The molecule has 0 saturated heterocycles. The van der Waals surface area contributed by atoms with E-state index in [9.17, 15) is 9.18 Å². The second-order valence-electron chi connectivity index (χ2n) is 6.87. The molecule has 0 radical (unpaired) electrons. The second-order valence-corrected chi connectivity index (χ2v) is 8.23. The molecule has 8 heteroatoms. The van der Waals surface area contributed by atoms with E-state index >= 15 is 0 Å². The maximum absolute atomic E-state index is 14.1. The Labute approximate surface area is 177 Å². The molecule has 5 nitrogen and oxygen atoms in total. The highest BCUT2D eigenvalue weighted by Crippen LogP contribution is 2.34. The first-order valence-electron chi connectivity index (χ1n) is 9.11. The Morgan fingerprint density at radius 2 is 2.21 bits per heavy atom. The Bertz CT molecular complexity index is 1000. The number of furan rings is 1. The highest BCUT2D eigenvalue weighted by molar-refractivity contribution is 7.12. The van der Waals surface area contributed by atoms with Crippen LogP contribution in [-0.4, -0.2) is 35.1 Å². The third kappa shape index (κ3) is 4.27. The third-order valence-corrected chi connectivity index (χ3v) is 6.01. The molecule has 3 heterocycles. The predicted octanol–water partition coefficient (Wildman–Crippen LogP) is 4.94. The van der Waals surface area contributed by atoms with Gasteiger partial charge in [-0.15, -0.1) is 11.3 Å². The molecule has 1 aromatic carbocycles. The molecular formula is C21H19ClFN3O2S. The van der Waals surface area contributed by atoms with Gasteiger partial charge < -0.3 is 4.42 Å². The molecular weight excluding hydrogens is 413 g/mol. The first-order valence-corrected chi connectivity index (χ1v) is 10.4. The van der Waals surface area contributed by atoms with Crippen LogP contribution in [0.1, 0.15) is 28.7 Å². The number of halogens is 2. The first-order chi connectivity index (χ1) is 14.0. The molecule has 0 N–H and O–H groups in total. The predicted molar refractivity (Wildman–Crippen MR) is 112 cm³/mol. The van der Waals surface area contributed by atoms with Crippen LogP contribution in [0.4, 0.5) is 4.39 Å². The number of rotatable bonds is 6. The largest absolute Gasteiger partial charge is 0.467 e. The minimum absolute atomic E-state index is 0.0725. The number of hydrazone groups is 1. The number of amides is 1. The van der Waals surface area contributed by atoms with Crippen molar-refractivity contribution in [1.29, 1.82) is 0 Å². The molecule has 1 atom stereocenters. The third-order valence-electron chi connectivity index (χ3n) is 4.74. The lowest BCUT2D eigenvalue weighted by molar-refractivity contribution is -0.134. The molecule has 29 heavy (non-hydrogen) atoms. The molecule has 0 spiro atoms. The van der Waals surface area contributed by atoms with Crippen molar-refractivity contribution in [3.63, 3.8) is 0 Å². The van der Waals surface area contributed by atoms with E-state index < -0.39 is 0 Å². The summed E-state index contributed by atoms with van der Waals surface area (Å²) >= 11 is 7.70. The number of hydrogen-bond donors (Lipinski definition) is 0. The van der Waals surface area contributed by atoms with E-state index in [4.69, 9.17) is 16.0 Å². The van der Waals surface area contributed by atoms with Gasteiger partial charge in [-0.3, -0.25) is 9.69 Å². The Morgan fingerprint density at radius 3 is 2.90 bits per heavy atom. The van der Waals surface area contributed by atoms with Gasteiger partial charge in [0.05, 0.1) is 23.4 Å². The second kappa shape index (κ2) is 8.49. The van der Waals surface area contributed by atoms with Gasteiger partial charge in [-0.05, 0) is 42.8 Å². The number of carbonyl (C=O) groups is 1. The van der Waals surface area contributed by atoms with E-state index in [1.54, 1.807) is 47.7 Å². The molecule has 3 aromatic rings. The van der Waals surface area contributed by atoms with Crippen molar-refractivity contribution in [3.05, 3.63) is 81.1 Å². The van der Waals surface area contributed by atoms with Gasteiger partial charge in [0.1, 0.15) is 17.6 Å². The number of nitrogens with zero attached hydrogens (tertiary/aromatic N) is 3. The standard InChI is InChI=1S/C21H19ClFN3O2S/c1-25(12-14-15(22)5-2-6-16(14)23)13-21(27)26-18(19-7-3-9-28-19)11-17(24-26)20-8-4-10-29-20/h2-10,18H,11-13H2,1H3. The monoisotopic (exact) mass is 431 g/mol. The van der Waals surface area contributed by atoms with Gasteiger partial charge in [0.2, 0.25) is 0 Å². The van der Waals surface area contributed by atoms with E-state index in [0.29, 0.717) is 22.8 Å². The van der Waals surface area contributed by atoms with Crippen LogP contribution in [0.2, 0.25) is 5.02 Å². The molecule has 4 rings (SSSR count). The maximum atomic E-state index is 14.1. The molecule has 0 fully saturated rings. The average molecular weight is 432 g/mol. The van der Waals surface area contributed by atoms with Crippen LogP contribution in [0.15, 0.2) is 63.6 Å². The molecule has 2 aromatic heterocycles. The SMILES string of the molecule is CN(CC(=O)N1N=C(c2cccs2)CC1c1ccco1)Cc1c(F)cccc1Cl. The van der Waals surface area contributed by atoms with Crippen molar-refractivity contribution in [1.82, 2.24) is 9.91 Å². The molecule has 1 aliphatic rings. The number of benzene rings is 1. The van der Waals surface area contributed by atoms with Crippen LogP contribution in [0.3, 0.4) is 0 Å². The number of hydrogen-bond acceptors (Lipinski definition) is 5. The fourth-order valence-electron chi connectivity index (χ4n) is 3.35. The Morgan fingerprint density at radius 1 is 1.34 bits per heavy atom. The van der Waals surface area contributed by atoms with Crippen LogP contribution in [0, 0.1) is 5.82 Å². The van der Waals surface area contributed by atoms with Gasteiger partial charge in [0, 0.05) is 23.6 Å². The number of thiophene rings is 1. The van der Waals surface area contributed by atoms with Gasteiger partial charge in [0.15, 0.2) is 0 Å².